The van der Waals surface area contributed by atoms with Gasteiger partial charge in [-0.25, -0.2) is 24.9 Å². The van der Waals surface area contributed by atoms with Crippen molar-refractivity contribution in [3.8, 4) is 45.5 Å². The van der Waals surface area contributed by atoms with Gasteiger partial charge in [-0.05, 0) is 36.4 Å². The molecule has 0 radical (unpaired) electrons. The van der Waals surface area contributed by atoms with E-state index in [1.54, 1.807) is 17.7 Å². The summed E-state index contributed by atoms with van der Waals surface area (Å²) in [5.41, 5.74) is 10.4. The number of para-hydroxylation sites is 3. The van der Waals surface area contributed by atoms with Gasteiger partial charge in [-0.1, -0.05) is 127 Å². The second kappa shape index (κ2) is 12.5. The maximum atomic E-state index is 5.09. The first kappa shape index (κ1) is 31.8. The molecule has 0 saturated carbocycles. The van der Waals surface area contributed by atoms with Crippen molar-refractivity contribution in [2.24, 2.45) is 0 Å². The van der Waals surface area contributed by atoms with Gasteiger partial charge in [-0.2, -0.15) is 0 Å². The number of rotatable bonds is 5. The third-order valence-corrected chi connectivity index (χ3v) is 12.0. The Morgan fingerprint density at radius 1 is 0.439 bits per heavy atom. The summed E-state index contributed by atoms with van der Waals surface area (Å²) in [6.07, 6.45) is 3.62. The summed E-state index contributed by atoms with van der Waals surface area (Å²) in [6, 6.07) is 57.0. The monoisotopic (exact) mass is 747 g/mol. The molecular weight excluding hydrogens is 719 g/mol. The summed E-state index contributed by atoms with van der Waals surface area (Å²) in [5, 5.41) is 5.86. The Kier molecular flexibility index (Phi) is 6.96. The molecule has 0 aliphatic carbocycles. The maximum Gasteiger partial charge on any atom is 0.164 e. The predicted molar refractivity (Wildman–Crippen MR) is 233 cm³/mol. The van der Waals surface area contributed by atoms with Crippen LogP contribution in [0.25, 0.3) is 109 Å². The van der Waals surface area contributed by atoms with Crippen molar-refractivity contribution in [2.75, 3.05) is 0 Å². The predicted octanol–water partition coefficient (Wildman–Crippen LogP) is 12.2. The molecule has 0 spiro atoms. The molecule has 0 aliphatic heterocycles. The van der Waals surface area contributed by atoms with Gasteiger partial charge in [0.05, 0.1) is 37.0 Å². The average Bonchev–Trinajstić information content (AvgIpc) is 3.95. The molecule has 0 fully saturated rings. The molecule has 5 heterocycles. The van der Waals surface area contributed by atoms with E-state index in [0.29, 0.717) is 17.5 Å². The Morgan fingerprint density at radius 3 is 1.63 bits per heavy atom. The van der Waals surface area contributed by atoms with Gasteiger partial charge in [-0.3, -0.25) is 0 Å². The van der Waals surface area contributed by atoms with Crippen molar-refractivity contribution >= 4 is 75.3 Å². The van der Waals surface area contributed by atoms with Gasteiger partial charge in [0.15, 0.2) is 17.5 Å². The van der Waals surface area contributed by atoms with E-state index in [1.165, 1.54) is 20.9 Å². The first-order chi connectivity index (χ1) is 28.3. The van der Waals surface area contributed by atoms with Gasteiger partial charge in [0.2, 0.25) is 0 Å². The van der Waals surface area contributed by atoms with Crippen LogP contribution >= 0.6 is 11.3 Å². The number of hydrogen-bond acceptors (Lipinski definition) is 6. The lowest BCUT2D eigenvalue weighted by Crippen LogP contribution is -2.01. The van der Waals surface area contributed by atoms with Gasteiger partial charge in [0.1, 0.15) is 6.33 Å². The first-order valence-electron chi connectivity index (χ1n) is 18.8. The van der Waals surface area contributed by atoms with Crippen LogP contribution in [0.3, 0.4) is 0 Å². The lowest BCUT2D eigenvalue weighted by atomic mass is 10.0. The van der Waals surface area contributed by atoms with Crippen LogP contribution in [0.1, 0.15) is 0 Å². The lowest BCUT2D eigenvalue weighted by Gasteiger charge is -2.13. The van der Waals surface area contributed by atoms with E-state index in [2.05, 4.69) is 117 Å². The number of benzene rings is 7. The Labute approximate surface area is 329 Å². The zero-order valence-electron chi connectivity index (χ0n) is 30.3. The van der Waals surface area contributed by atoms with Crippen molar-refractivity contribution < 1.29 is 0 Å². The Morgan fingerprint density at radius 2 is 0.965 bits per heavy atom. The summed E-state index contributed by atoms with van der Waals surface area (Å²) in [4.78, 5) is 24.6. The molecule has 12 aromatic rings. The number of nitrogens with zero attached hydrogens (tertiary/aromatic N) is 7. The van der Waals surface area contributed by atoms with Crippen LogP contribution in [0.4, 0.5) is 0 Å². The molecule has 8 heteroatoms. The number of thiophene rings is 1. The number of hydrogen-bond donors (Lipinski definition) is 0. The molecule has 7 nitrogen and oxygen atoms in total. The van der Waals surface area contributed by atoms with Crippen molar-refractivity contribution in [1.82, 2.24) is 34.1 Å². The van der Waals surface area contributed by atoms with Crippen LogP contribution in [0.5, 0.6) is 0 Å². The normalized spacial score (nSPS) is 11.9. The van der Waals surface area contributed by atoms with Gasteiger partial charge in [0, 0.05) is 61.2 Å². The zero-order valence-corrected chi connectivity index (χ0v) is 31.1. The molecule has 0 N–H and O–H groups in total. The summed E-state index contributed by atoms with van der Waals surface area (Å²) < 4.78 is 7.11. The second-order valence-corrected chi connectivity index (χ2v) is 15.2. The lowest BCUT2D eigenvalue weighted by molar-refractivity contribution is 1.07. The molecule has 57 heavy (non-hydrogen) atoms. The van der Waals surface area contributed by atoms with Crippen molar-refractivity contribution in [3.05, 3.63) is 176 Å². The van der Waals surface area contributed by atoms with E-state index in [9.17, 15) is 0 Å². The van der Waals surface area contributed by atoms with E-state index in [-0.39, 0.29) is 0 Å². The first-order valence-corrected chi connectivity index (χ1v) is 19.7. The fraction of sp³-hybridized carbons (Fsp3) is 0. The van der Waals surface area contributed by atoms with Gasteiger partial charge < -0.3 is 9.13 Å². The van der Waals surface area contributed by atoms with Crippen LogP contribution in [0.2, 0.25) is 0 Å². The smallest absolute Gasteiger partial charge is 0.164 e. The Hall–Kier alpha value is -7.55. The topological polar surface area (TPSA) is 74.3 Å². The van der Waals surface area contributed by atoms with Gasteiger partial charge in [-0.15, -0.1) is 11.3 Å². The van der Waals surface area contributed by atoms with Gasteiger partial charge >= 0.3 is 0 Å². The quantitative estimate of drug-likeness (QED) is 0.175. The van der Waals surface area contributed by atoms with Crippen molar-refractivity contribution in [2.45, 2.75) is 0 Å². The Bertz CT molecular complexity index is 3460. The van der Waals surface area contributed by atoms with E-state index >= 15 is 0 Å². The number of fused-ring (bicyclic) bond motifs is 12. The van der Waals surface area contributed by atoms with Gasteiger partial charge in [0.25, 0.3) is 0 Å². The highest BCUT2D eigenvalue weighted by atomic mass is 32.1. The van der Waals surface area contributed by atoms with E-state index < -0.39 is 0 Å². The van der Waals surface area contributed by atoms with Crippen LogP contribution in [0.15, 0.2) is 176 Å². The van der Waals surface area contributed by atoms with E-state index in [1.807, 2.05) is 66.9 Å². The SMILES string of the molecule is c1ccc(-c2nc(-c3ccccc3)nc(-c3cccc(-n4c5ccccc5c5c6c7ncncc7sc6c6c(c7ccccc7n6-c6ccccc6)c54)c3)n2)cc1. The minimum atomic E-state index is 0.610. The van der Waals surface area contributed by atoms with Crippen LogP contribution in [0, 0.1) is 0 Å². The minimum absolute atomic E-state index is 0.610. The molecule has 0 aliphatic rings. The molecule has 5 aromatic heterocycles. The van der Waals surface area contributed by atoms with Crippen molar-refractivity contribution in [1.29, 1.82) is 0 Å². The Balaban J connectivity index is 1.22. The standard InChI is InChI=1S/C49H29N7S/c1-4-15-30(16-5-1)47-52-48(31-17-6-2-7-18-31)54-49(53-47)32-19-14-22-34(27-32)56-37-25-12-10-23-35(37)40-42-43-39(28-50-29-51-43)57-46(42)45-41(44(40)56)36-24-11-13-26-38(36)55(45)33-20-8-3-9-21-33/h1-29H. The van der Waals surface area contributed by atoms with Crippen molar-refractivity contribution in [3.63, 3.8) is 0 Å². The highest BCUT2D eigenvalue weighted by Crippen LogP contribution is 2.50. The summed E-state index contributed by atoms with van der Waals surface area (Å²) in [5.74, 6) is 1.87. The molecular formula is C49H29N7S. The second-order valence-electron chi connectivity index (χ2n) is 14.1. The largest absolute Gasteiger partial charge is 0.308 e. The van der Waals surface area contributed by atoms with Crippen LogP contribution in [-0.2, 0) is 0 Å². The van der Waals surface area contributed by atoms with E-state index in [4.69, 9.17) is 19.9 Å². The summed E-state index contributed by atoms with van der Waals surface area (Å²) in [7, 11) is 0. The van der Waals surface area contributed by atoms with Crippen LogP contribution < -0.4 is 0 Å². The molecule has 0 saturated heterocycles. The summed E-state index contributed by atoms with van der Waals surface area (Å²) in [6.45, 7) is 0. The maximum absolute atomic E-state index is 5.09. The molecule has 266 valence electrons. The molecule has 7 aromatic carbocycles. The fourth-order valence-electron chi connectivity index (χ4n) is 8.51. The minimum Gasteiger partial charge on any atom is -0.308 e. The average molecular weight is 748 g/mol. The fourth-order valence-corrected chi connectivity index (χ4v) is 9.68. The van der Waals surface area contributed by atoms with Crippen LogP contribution in [-0.4, -0.2) is 34.1 Å². The highest BCUT2D eigenvalue weighted by Gasteiger charge is 2.27. The molecule has 0 unspecified atom stereocenters. The molecule has 0 atom stereocenters. The molecule has 0 bridgehead atoms. The number of aromatic nitrogens is 7. The third-order valence-electron chi connectivity index (χ3n) is 10.9. The molecule has 0 amide bonds. The van der Waals surface area contributed by atoms with E-state index in [0.717, 1.165) is 71.1 Å². The highest BCUT2D eigenvalue weighted by molar-refractivity contribution is 7.26. The summed E-state index contributed by atoms with van der Waals surface area (Å²) >= 11 is 1.76. The zero-order chi connectivity index (χ0) is 37.5. The molecule has 12 rings (SSSR count). The third kappa shape index (κ3) is 4.81.